The van der Waals surface area contributed by atoms with Gasteiger partial charge in [0.05, 0.1) is 18.2 Å². The molecule has 2 N–H and O–H groups in total. The highest BCUT2D eigenvalue weighted by Gasteiger charge is 2.30. The first kappa shape index (κ1) is 18.9. The van der Waals surface area contributed by atoms with E-state index in [9.17, 15) is 18.0 Å². The lowest BCUT2D eigenvalue weighted by atomic mass is 10.2. The number of carbonyl (C=O) groups is 1. The molecular formula is C13H16ClF3N2O2S. The third-order valence-corrected chi connectivity index (χ3v) is 3.80. The highest BCUT2D eigenvalue weighted by Crippen LogP contribution is 2.31. The Morgan fingerprint density at radius 3 is 2.86 bits per heavy atom. The van der Waals surface area contributed by atoms with E-state index in [1.807, 2.05) is 0 Å². The van der Waals surface area contributed by atoms with Crippen molar-refractivity contribution >= 4 is 30.1 Å². The predicted molar refractivity (Wildman–Crippen MR) is 81.4 cm³/mol. The summed E-state index contributed by atoms with van der Waals surface area (Å²) in [6.45, 7) is 0.366. The van der Waals surface area contributed by atoms with E-state index in [0.717, 1.165) is 23.8 Å². The Labute approximate surface area is 136 Å². The standard InChI is InChI=1S/C13H15F3N2O2S.ClH/c14-13(15,16)9-2-1-3-10(6-9)20-5-4-17-12(19)11-7-21-8-18-11;/h1-3,6,11,18H,4-5,7-8H2,(H,17,19);1H. The van der Waals surface area contributed by atoms with Crippen LogP contribution in [-0.4, -0.2) is 36.7 Å². The predicted octanol–water partition coefficient (Wildman–Crippen LogP) is 2.28. The van der Waals surface area contributed by atoms with Gasteiger partial charge < -0.3 is 10.1 Å². The summed E-state index contributed by atoms with van der Waals surface area (Å²) in [6.07, 6.45) is -4.39. The van der Waals surface area contributed by atoms with E-state index in [2.05, 4.69) is 10.6 Å². The van der Waals surface area contributed by atoms with Crippen LogP contribution in [0.4, 0.5) is 13.2 Å². The second-order valence-corrected chi connectivity index (χ2v) is 5.47. The quantitative estimate of drug-likeness (QED) is 0.795. The minimum absolute atomic E-state index is 0. The third-order valence-electron chi connectivity index (χ3n) is 2.86. The Balaban J connectivity index is 0.00000242. The molecule has 2 rings (SSSR count). The summed E-state index contributed by atoms with van der Waals surface area (Å²) in [7, 11) is 0. The van der Waals surface area contributed by atoms with Crippen molar-refractivity contribution in [2.45, 2.75) is 12.2 Å². The van der Waals surface area contributed by atoms with Crippen LogP contribution in [0.5, 0.6) is 5.75 Å². The molecule has 0 spiro atoms. The number of hydrogen-bond donors (Lipinski definition) is 2. The lowest BCUT2D eigenvalue weighted by molar-refractivity contribution is -0.137. The average Bonchev–Trinajstić information content (AvgIpc) is 2.97. The van der Waals surface area contributed by atoms with Gasteiger partial charge in [0.15, 0.2) is 0 Å². The number of benzene rings is 1. The Morgan fingerprint density at radius 1 is 1.45 bits per heavy atom. The van der Waals surface area contributed by atoms with Crippen molar-refractivity contribution in [2.24, 2.45) is 0 Å². The molecule has 0 radical (unpaired) electrons. The molecule has 1 aliphatic rings. The summed E-state index contributed by atoms with van der Waals surface area (Å²) in [5, 5.41) is 5.70. The molecule has 1 amide bonds. The summed E-state index contributed by atoms with van der Waals surface area (Å²) >= 11 is 1.64. The zero-order valence-corrected chi connectivity index (χ0v) is 13.1. The Hall–Kier alpha value is -1.12. The maximum Gasteiger partial charge on any atom is 0.416 e. The zero-order chi connectivity index (χ0) is 15.3. The number of alkyl halides is 3. The molecule has 124 valence electrons. The van der Waals surface area contributed by atoms with Crippen LogP contribution in [0.1, 0.15) is 5.56 Å². The molecule has 1 aliphatic heterocycles. The minimum atomic E-state index is -4.39. The van der Waals surface area contributed by atoms with Crippen LogP contribution in [0.15, 0.2) is 24.3 Å². The SMILES string of the molecule is Cl.O=C(NCCOc1cccc(C(F)(F)F)c1)C1CSCN1. The summed E-state index contributed by atoms with van der Waals surface area (Å²) in [4.78, 5) is 11.7. The van der Waals surface area contributed by atoms with Crippen molar-refractivity contribution in [1.29, 1.82) is 0 Å². The molecule has 0 aliphatic carbocycles. The summed E-state index contributed by atoms with van der Waals surface area (Å²) in [6, 6.07) is 4.46. The van der Waals surface area contributed by atoms with Crippen LogP contribution in [0.25, 0.3) is 0 Å². The van der Waals surface area contributed by atoms with Crippen molar-refractivity contribution in [1.82, 2.24) is 10.6 Å². The molecule has 1 aromatic carbocycles. The number of ether oxygens (including phenoxy) is 1. The van der Waals surface area contributed by atoms with Crippen LogP contribution in [-0.2, 0) is 11.0 Å². The van der Waals surface area contributed by atoms with E-state index in [0.29, 0.717) is 0 Å². The molecule has 1 atom stereocenters. The Bertz CT molecular complexity index is 496. The van der Waals surface area contributed by atoms with Crippen molar-refractivity contribution in [3.05, 3.63) is 29.8 Å². The second kappa shape index (κ2) is 8.50. The fourth-order valence-electron chi connectivity index (χ4n) is 1.79. The van der Waals surface area contributed by atoms with Gasteiger partial charge in [-0.25, -0.2) is 0 Å². The number of carbonyl (C=O) groups excluding carboxylic acids is 1. The van der Waals surface area contributed by atoms with Crippen molar-refractivity contribution in [3.8, 4) is 5.75 Å². The number of rotatable bonds is 5. The number of halogens is 4. The molecule has 9 heteroatoms. The molecule has 0 saturated carbocycles. The molecule has 22 heavy (non-hydrogen) atoms. The van der Waals surface area contributed by atoms with Crippen LogP contribution >= 0.6 is 24.2 Å². The normalized spacial score (nSPS) is 17.7. The molecule has 0 bridgehead atoms. The first-order chi connectivity index (χ1) is 9.97. The number of hydrogen-bond acceptors (Lipinski definition) is 4. The second-order valence-electron chi connectivity index (χ2n) is 4.44. The summed E-state index contributed by atoms with van der Waals surface area (Å²) in [5.74, 6) is 1.49. The van der Waals surface area contributed by atoms with Gasteiger partial charge in [-0.05, 0) is 18.2 Å². The first-order valence-corrected chi connectivity index (χ1v) is 7.51. The van der Waals surface area contributed by atoms with Crippen LogP contribution in [0.3, 0.4) is 0 Å². The molecular weight excluding hydrogens is 341 g/mol. The van der Waals surface area contributed by atoms with Crippen LogP contribution < -0.4 is 15.4 Å². The fraction of sp³-hybridized carbons (Fsp3) is 0.462. The van der Waals surface area contributed by atoms with Crippen LogP contribution in [0, 0.1) is 0 Å². The van der Waals surface area contributed by atoms with Gasteiger partial charge in [0.2, 0.25) is 5.91 Å². The van der Waals surface area contributed by atoms with E-state index in [-0.39, 0.29) is 43.3 Å². The first-order valence-electron chi connectivity index (χ1n) is 6.36. The van der Waals surface area contributed by atoms with E-state index in [1.54, 1.807) is 11.8 Å². The largest absolute Gasteiger partial charge is 0.492 e. The lowest BCUT2D eigenvalue weighted by Gasteiger charge is -2.12. The van der Waals surface area contributed by atoms with E-state index in [4.69, 9.17) is 4.74 Å². The number of nitrogens with one attached hydrogen (secondary N) is 2. The lowest BCUT2D eigenvalue weighted by Crippen LogP contribution is -2.43. The molecule has 1 aromatic rings. The fourth-order valence-corrected chi connectivity index (χ4v) is 2.73. The maximum atomic E-state index is 12.5. The molecule has 1 heterocycles. The number of amides is 1. The maximum absolute atomic E-state index is 12.5. The van der Waals surface area contributed by atoms with Gasteiger partial charge in [-0.3, -0.25) is 10.1 Å². The summed E-state index contributed by atoms with van der Waals surface area (Å²) in [5.41, 5.74) is -0.754. The Kier molecular flexibility index (Phi) is 7.31. The third kappa shape index (κ3) is 5.58. The van der Waals surface area contributed by atoms with Gasteiger partial charge in [0, 0.05) is 11.6 Å². The monoisotopic (exact) mass is 356 g/mol. The van der Waals surface area contributed by atoms with Crippen LogP contribution in [0.2, 0.25) is 0 Å². The molecule has 0 aromatic heterocycles. The van der Waals surface area contributed by atoms with Gasteiger partial charge >= 0.3 is 6.18 Å². The molecule has 1 saturated heterocycles. The van der Waals surface area contributed by atoms with E-state index < -0.39 is 11.7 Å². The van der Waals surface area contributed by atoms with Gasteiger partial charge in [-0.1, -0.05) is 6.07 Å². The van der Waals surface area contributed by atoms with Gasteiger partial charge in [0.25, 0.3) is 0 Å². The molecule has 1 fully saturated rings. The molecule has 4 nitrogen and oxygen atoms in total. The zero-order valence-electron chi connectivity index (χ0n) is 11.5. The average molecular weight is 357 g/mol. The summed E-state index contributed by atoms with van der Waals surface area (Å²) < 4.78 is 42.8. The smallest absolute Gasteiger partial charge is 0.416 e. The highest BCUT2D eigenvalue weighted by molar-refractivity contribution is 7.99. The Morgan fingerprint density at radius 2 is 2.23 bits per heavy atom. The van der Waals surface area contributed by atoms with Crippen molar-refractivity contribution in [2.75, 3.05) is 24.8 Å². The topological polar surface area (TPSA) is 50.4 Å². The number of thioether (sulfide) groups is 1. The van der Waals surface area contributed by atoms with Gasteiger partial charge in [-0.15, -0.1) is 24.2 Å². The van der Waals surface area contributed by atoms with Crippen molar-refractivity contribution < 1.29 is 22.7 Å². The van der Waals surface area contributed by atoms with E-state index >= 15 is 0 Å². The highest BCUT2D eigenvalue weighted by atomic mass is 35.5. The van der Waals surface area contributed by atoms with Gasteiger partial charge in [0.1, 0.15) is 12.4 Å². The molecule has 1 unspecified atom stereocenters. The van der Waals surface area contributed by atoms with Crippen molar-refractivity contribution in [3.63, 3.8) is 0 Å². The van der Waals surface area contributed by atoms with Gasteiger partial charge in [-0.2, -0.15) is 13.2 Å². The minimum Gasteiger partial charge on any atom is -0.492 e. The van der Waals surface area contributed by atoms with E-state index in [1.165, 1.54) is 12.1 Å².